The third kappa shape index (κ3) is 4.05. The van der Waals surface area contributed by atoms with E-state index in [1.807, 2.05) is 30.5 Å². The predicted octanol–water partition coefficient (Wildman–Crippen LogP) is 4.25. The predicted molar refractivity (Wildman–Crippen MR) is 84.7 cm³/mol. The van der Waals surface area contributed by atoms with Crippen LogP contribution in [0.5, 0.6) is 11.5 Å². The van der Waals surface area contributed by atoms with Gasteiger partial charge in [-0.25, -0.2) is 0 Å². The van der Waals surface area contributed by atoms with Gasteiger partial charge in [-0.3, -0.25) is 4.98 Å². The molecular formula is C18H22N2O. The highest BCUT2D eigenvalue weighted by atomic mass is 16.5. The van der Waals surface area contributed by atoms with Gasteiger partial charge in [0.05, 0.1) is 5.69 Å². The topological polar surface area (TPSA) is 34.1 Å². The molecule has 3 rings (SSSR count). The summed E-state index contributed by atoms with van der Waals surface area (Å²) in [6.07, 6.45) is 4.39. The molecule has 0 radical (unpaired) electrons. The number of ether oxygens (including phenoxy) is 1. The highest BCUT2D eigenvalue weighted by molar-refractivity contribution is 5.34. The Hall–Kier alpha value is -1.87. The van der Waals surface area contributed by atoms with Crippen molar-refractivity contribution in [2.75, 3.05) is 0 Å². The van der Waals surface area contributed by atoms with Crippen molar-refractivity contribution >= 4 is 0 Å². The van der Waals surface area contributed by atoms with Gasteiger partial charge in [-0.15, -0.1) is 0 Å². The number of nitrogens with zero attached hydrogens (tertiary/aromatic N) is 1. The van der Waals surface area contributed by atoms with Crippen LogP contribution in [-0.2, 0) is 6.54 Å². The van der Waals surface area contributed by atoms with E-state index in [9.17, 15) is 0 Å². The second-order valence-corrected chi connectivity index (χ2v) is 5.96. The maximum absolute atomic E-state index is 5.91. The summed E-state index contributed by atoms with van der Waals surface area (Å²) in [6, 6.07) is 12.9. The van der Waals surface area contributed by atoms with Crippen molar-refractivity contribution in [2.45, 2.75) is 45.2 Å². The number of aromatic nitrogens is 1. The first kappa shape index (κ1) is 14.1. The van der Waals surface area contributed by atoms with E-state index in [1.165, 1.54) is 18.4 Å². The summed E-state index contributed by atoms with van der Waals surface area (Å²) in [7, 11) is 0. The van der Waals surface area contributed by atoms with Crippen LogP contribution in [0.15, 0.2) is 42.6 Å². The first-order valence-corrected chi connectivity index (χ1v) is 7.67. The monoisotopic (exact) mass is 282 g/mol. The standard InChI is InChI=1S/C18H22N2O/c1-13(2)14-3-7-17(8-4-14)21-18-9-10-19-16(11-18)12-20-15-5-6-15/h3-4,7-11,13,15,20H,5-6,12H2,1-2H3. The maximum atomic E-state index is 5.91. The van der Waals surface area contributed by atoms with Crippen LogP contribution >= 0.6 is 0 Å². The molecule has 1 aliphatic rings. The molecule has 0 unspecified atom stereocenters. The lowest BCUT2D eigenvalue weighted by molar-refractivity contribution is 0.480. The summed E-state index contributed by atoms with van der Waals surface area (Å²) >= 11 is 0. The fraction of sp³-hybridized carbons (Fsp3) is 0.389. The smallest absolute Gasteiger partial charge is 0.130 e. The van der Waals surface area contributed by atoms with Crippen LogP contribution in [0.4, 0.5) is 0 Å². The Labute approximate surface area is 126 Å². The number of rotatable bonds is 6. The molecule has 21 heavy (non-hydrogen) atoms. The van der Waals surface area contributed by atoms with Crippen LogP contribution in [0.3, 0.4) is 0 Å². The van der Waals surface area contributed by atoms with Crippen molar-refractivity contribution in [3.05, 3.63) is 53.9 Å². The normalized spacial score (nSPS) is 14.4. The summed E-state index contributed by atoms with van der Waals surface area (Å²) in [5, 5.41) is 3.47. The molecule has 1 N–H and O–H groups in total. The minimum atomic E-state index is 0.542. The van der Waals surface area contributed by atoms with Crippen LogP contribution in [0.25, 0.3) is 0 Å². The lowest BCUT2D eigenvalue weighted by Gasteiger charge is -2.09. The summed E-state index contributed by atoms with van der Waals surface area (Å²) in [5.41, 5.74) is 2.35. The van der Waals surface area contributed by atoms with Gasteiger partial charge in [0.2, 0.25) is 0 Å². The number of nitrogens with one attached hydrogen (secondary N) is 1. The van der Waals surface area contributed by atoms with E-state index in [0.717, 1.165) is 23.7 Å². The first-order chi connectivity index (χ1) is 10.2. The molecule has 0 bridgehead atoms. The van der Waals surface area contributed by atoms with Gasteiger partial charge in [0.25, 0.3) is 0 Å². The van der Waals surface area contributed by atoms with Gasteiger partial charge in [0, 0.05) is 24.8 Å². The van der Waals surface area contributed by atoms with Gasteiger partial charge in [-0.2, -0.15) is 0 Å². The van der Waals surface area contributed by atoms with Crippen molar-refractivity contribution in [3.8, 4) is 11.5 Å². The fourth-order valence-electron chi connectivity index (χ4n) is 2.21. The molecule has 1 aliphatic carbocycles. The van der Waals surface area contributed by atoms with Crippen LogP contribution in [0.1, 0.15) is 43.9 Å². The van der Waals surface area contributed by atoms with E-state index in [4.69, 9.17) is 4.74 Å². The highest BCUT2D eigenvalue weighted by Gasteiger charge is 2.20. The molecule has 1 saturated carbocycles. The van der Waals surface area contributed by atoms with E-state index in [0.29, 0.717) is 12.0 Å². The third-order valence-corrected chi connectivity index (χ3v) is 3.72. The second kappa shape index (κ2) is 6.27. The van der Waals surface area contributed by atoms with Crippen molar-refractivity contribution in [1.29, 1.82) is 0 Å². The largest absolute Gasteiger partial charge is 0.457 e. The summed E-state index contributed by atoms with van der Waals surface area (Å²) in [5.74, 6) is 2.25. The first-order valence-electron chi connectivity index (χ1n) is 7.67. The van der Waals surface area contributed by atoms with Crippen molar-refractivity contribution < 1.29 is 4.74 Å². The van der Waals surface area contributed by atoms with E-state index >= 15 is 0 Å². The Morgan fingerprint density at radius 2 is 1.90 bits per heavy atom. The molecule has 1 aromatic carbocycles. The van der Waals surface area contributed by atoms with Gasteiger partial charge in [-0.1, -0.05) is 26.0 Å². The van der Waals surface area contributed by atoms with Gasteiger partial charge >= 0.3 is 0 Å². The number of hydrogen-bond donors (Lipinski definition) is 1. The zero-order valence-corrected chi connectivity index (χ0v) is 12.7. The summed E-state index contributed by atoms with van der Waals surface area (Å²) < 4.78 is 5.91. The summed E-state index contributed by atoms with van der Waals surface area (Å²) in [4.78, 5) is 4.38. The number of benzene rings is 1. The maximum Gasteiger partial charge on any atom is 0.130 e. The van der Waals surface area contributed by atoms with E-state index in [-0.39, 0.29) is 0 Å². The minimum absolute atomic E-state index is 0.542. The molecule has 1 heterocycles. The van der Waals surface area contributed by atoms with Crippen molar-refractivity contribution in [3.63, 3.8) is 0 Å². The van der Waals surface area contributed by atoms with Gasteiger partial charge in [-0.05, 0) is 42.5 Å². The van der Waals surface area contributed by atoms with E-state index < -0.39 is 0 Å². The van der Waals surface area contributed by atoms with Crippen molar-refractivity contribution in [1.82, 2.24) is 10.3 Å². The van der Waals surface area contributed by atoms with Crippen molar-refractivity contribution in [2.24, 2.45) is 0 Å². The molecular weight excluding hydrogens is 260 g/mol. The lowest BCUT2D eigenvalue weighted by Crippen LogP contribution is -2.16. The molecule has 2 aromatic rings. The average Bonchev–Trinajstić information content (AvgIpc) is 3.30. The zero-order valence-electron chi connectivity index (χ0n) is 12.7. The molecule has 1 fully saturated rings. The fourth-order valence-corrected chi connectivity index (χ4v) is 2.21. The van der Waals surface area contributed by atoms with Crippen LogP contribution in [0.2, 0.25) is 0 Å². The van der Waals surface area contributed by atoms with Gasteiger partial charge < -0.3 is 10.1 Å². The molecule has 1 aromatic heterocycles. The summed E-state index contributed by atoms with van der Waals surface area (Å²) in [6.45, 7) is 5.20. The Bertz CT molecular complexity index is 588. The second-order valence-electron chi connectivity index (χ2n) is 5.96. The molecule has 0 amide bonds. The molecule has 3 nitrogen and oxygen atoms in total. The Morgan fingerprint density at radius 1 is 1.14 bits per heavy atom. The van der Waals surface area contributed by atoms with Gasteiger partial charge in [0.1, 0.15) is 11.5 Å². The van der Waals surface area contributed by atoms with Crippen LogP contribution < -0.4 is 10.1 Å². The van der Waals surface area contributed by atoms with E-state index in [1.54, 1.807) is 0 Å². The molecule has 0 aliphatic heterocycles. The number of pyridine rings is 1. The van der Waals surface area contributed by atoms with E-state index in [2.05, 4.69) is 36.3 Å². The molecule has 0 atom stereocenters. The van der Waals surface area contributed by atoms with Crippen LogP contribution in [0, 0.1) is 0 Å². The SMILES string of the molecule is CC(C)c1ccc(Oc2ccnc(CNC3CC3)c2)cc1. The number of hydrogen-bond acceptors (Lipinski definition) is 3. The van der Waals surface area contributed by atoms with Gasteiger partial charge in [0.15, 0.2) is 0 Å². The minimum Gasteiger partial charge on any atom is -0.457 e. The molecule has 110 valence electrons. The Kier molecular flexibility index (Phi) is 4.20. The average molecular weight is 282 g/mol. The molecule has 3 heteroatoms. The Morgan fingerprint density at radius 3 is 2.57 bits per heavy atom. The molecule has 0 saturated heterocycles. The lowest BCUT2D eigenvalue weighted by atomic mass is 10.0. The molecule has 0 spiro atoms. The third-order valence-electron chi connectivity index (χ3n) is 3.72. The zero-order chi connectivity index (χ0) is 14.7. The van der Waals surface area contributed by atoms with Crippen LogP contribution in [-0.4, -0.2) is 11.0 Å². The quantitative estimate of drug-likeness (QED) is 0.860. The highest BCUT2D eigenvalue weighted by Crippen LogP contribution is 2.24. The Balaban J connectivity index is 1.64.